The molecule has 0 unspecified atom stereocenters. The first-order valence-corrected chi connectivity index (χ1v) is 7.23. The van der Waals surface area contributed by atoms with E-state index in [0.29, 0.717) is 5.95 Å². The molecule has 0 radical (unpaired) electrons. The van der Waals surface area contributed by atoms with Gasteiger partial charge in [-0.25, -0.2) is 4.98 Å². The van der Waals surface area contributed by atoms with E-state index in [1.54, 1.807) is 12.4 Å². The van der Waals surface area contributed by atoms with E-state index in [1.165, 1.54) is 0 Å². The van der Waals surface area contributed by atoms with Crippen LogP contribution in [0.25, 0.3) is 0 Å². The lowest BCUT2D eigenvalue weighted by Crippen LogP contribution is -2.07. The number of hydrogen-bond acceptors (Lipinski definition) is 5. The molecule has 0 aliphatic heterocycles. The summed E-state index contributed by atoms with van der Waals surface area (Å²) >= 11 is 2.22. The minimum atomic E-state index is 0.574. The van der Waals surface area contributed by atoms with Crippen LogP contribution in [-0.2, 0) is 0 Å². The Hall–Kier alpha value is -1.44. The number of nitrogens with zero attached hydrogens (tertiary/aromatic N) is 3. The van der Waals surface area contributed by atoms with Crippen LogP contribution >= 0.6 is 22.6 Å². The van der Waals surface area contributed by atoms with E-state index < -0.39 is 0 Å². The summed E-state index contributed by atoms with van der Waals surface area (Å²) < 4.78 is 1.01. The summed E-state index contributed by atoms with van der Waals surface area (Å²) in [6.07, 6.45) is 4.63. The highest BCUT2D eigenvalue weighted by molar-refractivity contribution is 14.1. The Morgan fingerprint density at radius 1 is 1.21 bits per heavy atom. The Balaban J connectivity index is 2.14. The first kappa shape index (κ1) is 14.0. The maximum absolute atomic E-state index is 4.46. The van der Waals surface area contributed by atoms with Crippen molar-refractivity contribution < 1.29 is 0 Å². The third kappa shape index (κ3) is 4.02. The van der Waals surface area contributed by atoms with Crippen molar-refractivity contribution in [1.82, 2.24) is 15.0 Å². The lowest BCUT2D eigenvalue weighted by Gasteiger charge is -2.09. The summed E-state index contributed by atoms with van der Waals surface area (Å²) in [5, 5.41) is 6.43. The van der Waals surface area contributed by atoms with E-state index in [-0.39, 0.29) is 0 Å². The minimum absolute atomic E-state index is 0.574. The first-order chi connectivity index (χ1) is 9.19. The molecule has 19 heavy (non-hydrogen) atoms. The molecular formula is C13H16IN5. The van der Waals surface area contributed by atoms with Crippen molar-refractivity contribution in [2.75, 3.05) is 17.2 Å². The molecule has 0 bridgehead atoms. The van der Waals surface area contributed by atoms with Gasteiger partial charge in [-0.05, 0) is 48.1 Å². The second-order valence-corrected chi connectivity index (χ2v) is 5.29. The van der Waals surface area contributed by atoms with Crippen molar-refractivity contribution in [2.24, 2.45) is 0 Å². The normalized spacial score (nSPS) is 10.3. The van der Waals surface area contributed by atoms with Gasteiger partial charge in [0.25, 0.3) is 0 Å². The molecule has 0 amide bonds. The van der Waals surface area contributed by atoms with Crippen LogP contribution in [0, 0.1) is 10.5 Å². The van der Waals surface area contributed by atoms with Gasteiger partial charge in [0.1, 0.15) is 5.82 Å². The van der Waals surface area contributed by atoms with Gasteiger partial charge >= 0.3 is 0 Å². The van der Waals surface area contributed by atoms with Gasteiger partial charge in [0.05, 0.1) is 15.5 Å². The highest BCUT2D eigenvalue weighted by Gasteiger charge is 2.04. The smallest absolute Gasteiger partial charge is 0.229 e. The first-order valence-electron chi connectivity index (χ1n) is 6.15. The van der Waals surface area contributed by atoms with Crippen LogP contribution in [0.15, 0.2) is 24.5 Å². The second-order valence-electron chi connectivity index (χ2n) is 4.13. The third-order valence-corrected chi connectivity index (χ3v) is 3.24. The molecule has 0 aliphatic rings. The molecule has 6 heteroatoms. The molecule has 0 aliphatic carbocycles. The molecular weight excluding hydrogens is 353 g/mol. The zero-order chi connectivity index (χ0) is 13.7. The predicted octanol–water partition coefficient (Wildman–Crippen LogP) is 3.35. The average Bonchev–Trinajstić information content (AvgIpc) is 2.42. The van der Waals surface area contributed by atoms with Crippen molar-refractivity contribution in [3.63, 3.8) is 0 Å². The van der Waals surface area contributed by atoms with Gasteiger partial charge < -0.3 is 10.6 Å². The number of hydrogen-bond donors (Lipinski definition) is 2. The van der Waals surface area contributed by atoms with Crippen molar-refractivity contribution in [2.45, 2.75) is 20.3 Å². The van der Waals surface area contributed by atoms with E-state index in [1.807, 2.05) is 19.1 Å². The molecule has 0 fully saturated rings. The van der Waals surface area contributed by atoms with Crippen molar-refractivity contribution >= 4 is 40.0 Å². The van der Waals surface area contributed by atoms with Crippen LogP contribution in [0.5, 0.6) is 0 Å². The highest BCUT2D eigenvalue weighted by Crippen LogP contribution is 2.18. The summed E-state index contributed by atoms with van der Waals surface area (Å²) in [7, 11) is 0. The Morgan fingerprint density at radius 2 is 2.05 bits per heavy atom. The fraction of sp³-hybridized carbons (Fsp3) is 0.308. The summed E-state index contributed by atoms with van der Waals surface area (Å²) in [6, 6.07) is 3.91. The Bertz CT molecular complexity index is 541. The van der Waals surface area contributed by atoms with E-state index in [2.05, 4.69) is 55.1 Å². The van der Waals surface area contributed by atoms with E-state index in [4.69, 9.17) is 0 Å². The van der Waals surface area contributed by atoms with Crippen molar-refractivity contribution in [3.8, 4) is 0 Å². The average molecular weight is 369 g/mol. The largest absolute Gasteiger partial charge is 0.369 e. The van der Waals surface area contributed by atoms with Gasteiger partial charge in [0.15, 0.2) is 0 Å². The maximum atomic E-state index is 4.46. The molecule has 100 valence electrons. The lowest BCUT2D eigenvalue weighted by atomic mass is 10.3. The number of anilines is 3. The number of aromatic nitrogens is 3. The fourth-order valence-electron chi connectivity index (χ4n) is 1.47. The van der Waals surface area contributed by atoms with E-state index >= 15 is 0 Å². The third-order valence-electron chi connectivity index (χ3n) is 2.45. The molecule has 0 aromatic carbocycles. The van der Waals surface area contributed by atoms with Crippen LogP contribution in [0.2, 0.25) is 0 Å². The maximum Gasteiger partial charge on any atom is 0.229 e. The fourth-order valence-corrected chi connectivity index (χ4v) is 1.92. The predicted molar refractivity (Wildman–Crippen MR) is 85.8 cm³/mol. The summed E-state index contributed by atoms with van der Waals surface area (Å²) in [6.45, 7) is 4.98. The van der Waals surface area contributed by atoms with Crippen LogP contribution in [-0.4, -0.2) is 21.5 Å². The number of halogens is 1. The monoisotopic (exact) mass is 369 g/mol. The van der Waals surface area contributed by atoms with Crippen LogP contribution in [0.1, 0.15) is 19.0 Å². The zero-order valence-electron chi connectivity index (χ0n) is 10.9. The van der Waals surface area contributed by atoms with Gasteiger partial charge in [0, 0.05) is 18.4 Å². The molecule has 2 aromatic heterocycles. The molecule has 0 saturated carbocycles. The highest BCUT2D eigenvalue weighted by atomic mass is 127. The summed E-state index contributed by atoms with van der Waals surface area (Å²) in [5.74, 6) is 1.43. The molecule has 2 N–H and O–H groups in total. The molecule has 2 heterocycles. The molecule has 2 rings (SSSR count). The second kappa shape index (κ2) is 6.65. The van der Waals surface area contributed by atoms with E-state index in [9.17, 15) is 0 Å². The molecule has 2 aromatic rings. The Morgan fingerprint density at radius 3 is 2.74 bits per heavy atom. The number of rotatable bonds is 5. The van der Waals surface area contributed by atoms with Gasteiger partial charge in [-0.2, -0.15) is 4.98 Å². The Labute approximate surface area is 126 Å². The van der Waals surface area contributed by atoms with E-state index in [0.717, 1.165) is 33.7 Å². The number of aryl methyl sites for hydroxylation is 1. The summed E-state index contributed by atoms with van der Waals surface area (Å²) in [5.41, 5.74) is 1.87. The molecule has 5 nitrogen and oxygen atoms in total. The van der Waals surface area contributed by atoms with Crippen LogP contribution in [0.3, 0.4) is 0 Å². The summed E-state index contributed by atoms with van der Waals surface area (Å²) in [4.78, 5) is 13.0. The molecule has 0 saturated heterocycles. The van der Waals surface area contributed by atoms with Gasteiger partial charge in [0.2, 0.25) is 5.95 Å². The van der Waals surface area contributed by atoms with Crippen LogP contribution in [0.4, 0.5) is 17.5 Å². The number of pyridine rings is 1. The lowest BCUT2D eigenvalue weighted by molar-refractivity contribution is 0.963. The Kier molecular flexibility index (Phi) is 4.89. The molecule has 0 spiro atoms. The van der Waals surface area contributed by atoms with Gasteiger partial charge in [-0.15, -0.1) is 0 Å². The zero-order valence-corrected chi connectivity index (χ0v) is 13.1. The SMILES string of the molecule is CCCNc1nc(Nc2ccc(C)nc2)ncc1I. The topological polar surface area (TPSA) is 62.7 Å². The standard InChI is InChI=1S/C13H16IN5/c1-3-6-15-12-11(14)8-17-13(19-12)18-10-5-4-9(2)16-7-10/h4-5,7-8H,3,6H2,1-2H3,(H2,15,17,18,19). The van der Waals surface area contributed by atoms with Crippen LogP contribution < -0.4 is 10.6 Å². The number of nitrogens with one attached hydrogen (secondary N) is 2. The quantitative estimate of drug-likeness (QED) is 0.792. The van der Waals surface area contributed by atoms with Crippen molar-refractivity contribution in [3.05, 3.63) is 33.8 Å². The van der Waals surface area contributed by atoms with Gasteiger partial charge in [-0.1, -0.05) is 6.92 Å². The van der Waals surface area contributed by atoms with Gasteiger partial charge in [-0.3, -0.25) is 4.98 Å². The van der Waals surface area contributed by atoms with Crippen molar-refractivity contribution in [1.29, 1.82) is 0 Å². The molecule has 0 atom stereocenters. The minimum Gasteiger partial charge on any atom is -0.369 e.